The highest BCUT2D eigenvalue weighted by atomic mass is 35.5. The Labute approximate surface area is 238 Å². The Hall–Kier alpha value is -3.09. The summed E-state index contributed by atoms with van der Waals surface area (Å²) in [4.78, 5) is 38.2. The fourth-order valence-electron chi connectivity index (χ4n) is 6.01. The van der Waals surface area contributed by atoms with Crippen LogP contribution in [-0.2, 0) is 16.2 Å². The first kappa shape index (κ1) is 27.5. The lowest BCUT2D eigenvalue weighted by atomic mass is 9.64. The number of halogens is 2. The minimum atomic E-state index is -1.00. The second kappa shape index (κ2) is 9.83. The van der Waals surface area contributed by atoms with Crippen molar-refractivity contribution >= 4 is 40.7 Å². The van der Waals surface area contributed by atoms with Gasteiger partial charge >= 0.3 is 5.97 Å². The molecule has 2 aromatic rings. The van der Waals surface area contributed by atoms with Gasteiger partial charge in [0.2, 0.25) is 0 Å². The summed E-state index contributed by atoms with van der Waals surface area (Å²) in [6.45, 7) is 8.47. The molecule has 2 N–H and O–H groups in total. The summed E-state index contributed by atoms with van der Waals surface area (Å²) in [5, 5.41) is 13.2. The Kier molecular flexibility index (Phi) is 6.92. The van der Waals surface area contributed by atoms with Crippen LogP contribution < -0.4 is 10.1 Å². The highest BCUT2D eigenvalue weighted by molar-refractivity contribution is 6.37. The van der Waals surface area contributed by atoms with E-state index in [0.717, 1.165) is 17.0 Å². The average Bonchev–Trinajstić information content (AvgIpc) is 2.80. The van der Waals surface area contributed by atoms with E-state index in [-0.39, 0.29) is 50.4 Å². The van der Waals surface area contributed by atoms with Gasteiger partial charge in [0.25, 0.3) is 0 Å². The van der Waals surface area contributed by atoms with Gasteiger partial charge in [-0.1, -0.05) is 63.0 Å². The number of allylic oxidation sites excluding steroid dienone is 4. The molecule has 0 amide bonds. The van der Waals surface area contributed by atoms with Crippen molar-refractivity contribution in [3.05, 3.63) is 85.7 Å². The van der Waals surface area contributed by atoms with E-state index >= 15 is 0 Å². The summed E-state index contributed by atoms with van der Waals surface area (Å²) >= 11 is 13.4. The number of carboxylic acid groups (broad SMARTS) is 1. The van der Waals surface area contributed by atoms with Gasteiger partial charge in [0.1, 0.15) is 6.61 Å². The van der Waals surface area contributed by atoms with Crippen molar-refractivity contribution in [3.63, 3.8) is 0 Å². The van der Waals surface area contributed by atoms with Gasteiger partial charge in [-0.05, 0) is 59.1 Å². The third kappa shape index (κ3) is 5.37. The van der Waals surface area contributed by atoms with E-state index in [4.69, 9.17) is 33.0 Å². The number of carboxylic acids is 1. The number of hydrogen-bond donors (Lipinski definition) is 2. The van der Waals surface area contributed by atoms with Crippen LogP contribution in [0, 0.1) is 10.8 Å². The van der Waals surface area contributed by atoms with Crippen molar-refractivity contribution in [2.75, 3.05) is 0 Å². The molecule has 0 saturated carbocycles. The number of carbonyl (C=O) groups is 3. The van der Waals surface area contributed by atoms with Gasteiger partial charge < -0.3 is 15.2 Å². The molecule has 8 heteroatoms. The second-order valence-electron chi connectivity index (χ2n) is 12.3. The zero-order chi connectivity index (χ0) is 28.3. The molecule has 2 aliphatic carbocycles. The van der Waals surface area contributed by atoms with E-state index in [0.29, 0.717) is 42.4 Å². The van der Waals surface area contributed by atoms with Gasteiger partial charge in [0.05, 0.1) is 15.6 Å². The third-order valence-electron chi connectivity index (χ3n) is 7.66. The van der Waals surface area contributed by atoms with Crippen molar-refractivity contribution in [1.82, 2.24) is 5.32 Å². The number of Topliss-reactive ketones (excluding diaryl/α,β-unsaturated/α-hetero) is 2. The molecule has 0 fully saturated rings. The molecule has 0 unspecified atom stereocenters. The molecule has 0 radical (unpaired) electrons. The molecule has 1 aliphatic heterocycles. The van der Waals surface area contributed by atoms with Crippen LogP contribution in [0.3, 0.4) is 0 Å². The van der Waals surface area contributed by atoms with E-state index in [1.165, 1.54) is 12.1 Å². The maximum absolute atomic E-state index is 13.5. The van der Waals surface area contributed by atoms with E-state index in [2.05, 4.69) is 33.0 Å². The molecule has 0 spiro atoms. The summed E-state index contributed by atoms with van der Waals surface area (Å²) in [5.41, 5.74) is 4.26. The largest absolute Gasteiger partial charge is 0.486 e. The number of carbonyl (C=O) groups excluding carboxylic acids is 2. The fourth-order valence-corrected chi connectivity index (χ4v) is 6.62. The summed E-state index contributed by atoms with van der Waals surface area (Å²) in [6.07, 6.45) is 2.21. The SMILES string of the molecule is CC1(C)CC(=O)C2=C(C1)NC1=C(C(=O)CC(C)(C)C1)C2c1cc(Cl)c(OCc2ccc(C(=O)O)cc2)c(Cl)c1. The molecule has 5 rings (SSSR count). The number of hydrogen-bond acceptors (Lipinski definition) is 5. The predicted molar refractivity (Wildman–Crippen MR) is 150 cm³/mol. The molecule has 204 valence electrons. The number of benzene rings is 2. The Balaban J connectivity index is 1.52. The first-order valence-electron chi connectivity index (χ1n) is 13.0. The lowest BCUT2D eigenvalue weighted by Gasteiger charge is -2.44. The minimum absolute atomic E-state index is 0.0281. The number of dihydropyridines is 1. The van der Waals surface area contributed by atoms with E-state index in [1.54, 1.807) is 24.3 Å². The van der Waals surface area contributed by atoms with Crippen LogP contribution in [0.1, 0.15) is 80.8 Å². The normalized spacial score (nSPS) is 20.4. The minimum Gasteiger partial charge on any atom is -0.486 e. The lowest BCUT2D eigenvalue weighted by Crippen LogP contribution is -2.42. The Morgan fingerprint density at radius 1 is 0.897 bits per heavy atom. The van der Waals surface area contributed by atoms with Crippen LogP contribution in [0.2, 0.25) is 10.0 Å². The zero-order valence-electron chi connectivity index (χ0n) is 22.4. The van der Waals surface area contributed by atoms with Crippen LogP contribution in [0.5, 0.6) is 5.75 Å². The van der Waals surface area contributed by atoms with Gasteiger partial charge in [-0.3, -0.25) is 9.59 Å². The summed E-state index contributed by atoms with van der Waals surface area (Å²) in [6, 6.07) is 9.83. The number of nitrogens with one attached hydrogen (secondary N) is 1. The monoisotopic (exact) mass is 567 g/mol. The van der Waals surface area contributed by atoms with E-state index in [9.17, 15) is 14.4 Å². The van der Waals surface area contributed by atoms with Crippen molar-refractivity contribution in [3.8, 4) is 5.75 Å². The van der Waals surface area contributed by atoms with Crippen molar-refractivity contribution in [2.45, 2.75) is 65.9 Å². The molecule has 0 aromatic heterocycles. The Bertz CT molecular complexity index is 1390. The van der Waals surface area contributed by atoms with Gasteiger partial charge in [-0.15, -0.1) is 0 Å². The molecule has 1 heterocycles. The van der Waals surface area contributed by atoms with E-state index < -0.39 is 11.9 Å². The van der Waals surface area contributed by atoms with Gasteiger partial charge in [0.15, 0.2) is 17.3 Å². The quantitative estimate of drug-likeness (QED) is 0.395. The first-order chi connectivity index (χ1) is 18.2. The van der Waals surface area contributed by atoms with Crippen LogP contribution in [0.25, 0.3) is 0 Å². The molecule has 0 atom stereocenters. The Morgan fingerprint density at radius 2 is 1.38 bits per heavy atom. The third-order valence-corrected chi connectivity index (χ3v) is 8.22. The Morgan fingerprint density at radius 3 is 1.85 bits per heavy atom. The second-order valence-corrected chi connectivity index (χ2v) is 13.1. The topological polar surface area (TPSA) is 92.7 Å². The average molecular weight is 568 g/mol. The number of aromatic carboxylic acids is 1. The van der Waals surface area contributed by atoms with Crippen molar-refractivity contribution < 1.29 is 24.2 Å². The highest BCUT2D eigenvalue weighted by Crippen LogP contribution is 2.52. The molecule has 3 aliphatic rings. The standard InChI is InChI=1S/C31H31Cl2NO5/c1-30(2)11-21-26(23(35)13-30)25(27-22(34-21)12-31(3,4)14-24(27)36)18-9-19(32)28(20(33)10-18)39-15-16-5-7-17(8-6-16)29(37)38/h5-10,25,34H,11-15H2,1-4H3,(H,37,38). The lowest BCUT2D eigenvalue weighted by molar-refractivity contribution is -0.119. The summed E-state index contributed by atoms with van der Waals surface area (Å²) in [5.74, 6) is -1.20. The van der Waals surface area contributed by atoms with E-state index in [1.807, 2.05) is 0 Å². The smallest absolute Gasteiger partial charge is 0.335 e. The van der Waals surface area contributed by atoms with Crippen LogP contribution >= 0.6 is 23.2 Å². The molecule has 0 saturated heterocycles. The van der Waals surface area contributed by atoms with Gasteiger partial charge in [-0.2, -0.15) is 0 Å². The number of rotatable bonds is 5. The maximum atomic E-state index is 13.5. The summed E-state index contributed by atoms with van der Waals surface area (Å²) < 4.78 is 5.92. The van der Waals surface area contributed by atoms with Crippen LogP contribution in [0.4, 0.5) is 0 Å². The first-order valence-corrected chi connectivity index (χ1v) is 13.7. The molecular weight excluding hydrogens is 537 g/mol. The molecule has 2 aromatic carbocycles. The summed E-state index contributed by atoms with van der Waals surface area (Å²) in [7, 11) is 0. The van der Waals surface area contributed by atoms with Crippen LogP contribution in [-0.4, -0.2) is 22.6 Å². The van der Waals surface area contributed by atoms with Gasteiger partial charge in [-0.25, -0.2) is 4.79 Å². The van der Waals surface area contributed by atoms with Crippen molar-refractivity contribution in [1.29, 1.82) is 0 Å². The number of ether oxygens (including phenoxy) is 1. The zero-order valence-corrected chi connectivity index (χ0v) is 23.9. The van der Waals surface area contributed by atoms with Crippen LogP contribution in [0.15, 0.2) is 58.9 Å². The van der Waals surface area contributed by atoms with Crippen molar-refractivity contribution in [2.24, 2.45) is 10.8 Å². The number of ketones is 2. The molecular formula is C31H31Cl2NO5. The molecule has 0 bridgehead atoms. The predicted octanol–water partition coefficient (Wildman–Crippen LogP) is 7.24. The van der Waals surface area contributed by atoms with Gasteiger partial charge in [0, 0.05) is 41.3 Å². The fraction of sp³-hybridized carbons (Fsp3) is 0.387. The highest BCUT2D eigenvalue weighted by Gasteiger charge is 2.46. The molecule has 6 nitrogen and oxygen atoms in total. The maximum Gasteiger partial charge on any atom is 0.335 e. The molecule has 39 heavy (non-hydrogen) atoms.